The normalized spacial score (nSPS) is 24.2. The van der Waals surface area contributed by atoms with Gasteiger partial charge in [-0.1, -0.05) is 42.1 Å². The lowest BCUT2D eigenvalue weighted by Crippen LogP contribution is -2.64. The number of hydrogen-bond acceptors (Lipinski definition) is 10. The minimum Gasteiger partial charge on any atom is -0.508 e. The number of rotatable bonds is 7. The number of amides is 3. The minimum atomic E-state index is -0.716. The van der Waals surface area contributed by atoms with Crippen molar-refractivity contribution in [3.63, 3.8) is 0 Å². The van der Waals surface area contributed by atoms with E-state index in [4.69, 9.17) is 9.72 Å². The largest absolute Gasteiger partial charge is 0.508 e. The average molecular weight is 671 g/mol. The van der Waals surface area contributed by atoms with Gasteiger partial charge in [-0.05, 0) is 73.8 Å². The van der Waals surface area contributed by atoms with Gasteiger partial charge in [0.1, 0.15) is 28.9 Å². The lowest BCUT2D eigenvalue weighted by Gasteiger charge is -2.52. The van der Waals surface area contributed by atoms with Gasteiger partial charge in [-0.25, -0.2) is 4.39 Å². The smallest absolute Gasteiger partial charge is 0.319 e. The van der Waals surface area contributed by atoms with E-state index in [1.165, 1.54) is 0 Å². The third-order valence-electron chi connectivity index (χ3n) is 10.2. The molecule has 0 saturated carbocycles. The van der Waals surface area contributed by atoms with Crippen molar-refractivity contribution in [2.45, 2.75) is 55.5 Å². The van der Waals surface area contributed by atoms with Crippen LogP contribution in [0.2, 0.25) is 0 Å². The Bertz CT molecular complexity index is 1980. The molecule has 5 aliphatic rings. The highest BCUT2D eigenvalue weighted by Gasteiger charge is 2.44. The monoisotopic (exact) mass is 670 g/mol. The van der Waals surface area contributed by atoms with Gasteiger partial charge in [-0.3, -0.25) is 19.7 Å². The van der Waals surface area contributed by atoms with Gasteiger partial charge in [0, 0.05) is 48.6 Å². The van der Waals surface area contributed by atoms with Crippen LogP contribution in [0.15, 0.2) is 48.5 Å². The standard InChI is InChI=1S/C35H35FN6O5S/c1-40-12-4-6-22(40)18-47-34-37-31-26(11-10-25(30(31)36)27-14-23(43)13-19-5-2-3-7-24(19)27)32(38-34)42-17-20-8-9-21(42)16-41(20)29(44)15-28-33(45)39-35(46)48-28/h2-3,5,7,10-11,13-14,20-22,28,43H,4,6,8-9,12,15-18H2,1H3,(H,39,45,46)/t20?,21?,22-,28?/m0/s1. The Hall–Kier alpha value is -4.49. The highest BCUT2D eigenvalue weighted by atomic mass is 32.2. The number of phenols is 1. The number of aromatic nitrogens is 2. The number of likely N-dealkylation sites (tertiary alicyclic amines) is 1. The first-order chi connectivity index (χ1) is 23.2. The fourth-order valence-electron chi connectivity index (χ4n) is 7.69. The Morgan fingerprint density at radius 3 is 2.62 bits per heavy atom. The Morgan fingerprint density at radius 2 is 1.88 bits per heavy atom. The van der Waals surface area contributed by atoms with Gasteiger partial charge >= 0.3 is 6.01 Å². The van der Waals surface area contributed by atoms with Crippen molar-refractivity contribution >= 4 is 56.3 Å². The van der Waals surface area contributed by atoms with Crippen LogP contribution in [0, 0.1) is 5.82 Å². The number of phenolic OH excluding ortho intramolecular Hbond substituents is 1. The predicted molar refractivity (Wildman–Crippen MR) is 181 cm³/mol. The van der Waals surface area contributed by atoms with Crippen LogP contribution >= 0.6 is 11.8 Å². The van der Waals surface area contributed by atoms with Crippen LogP contribution in [0.5, 0.6) is 11.8 Å². The first-order valence-corrected chi connectivity index (χ1v) is 17.2. The van der Waals surface area contributed by atoms with E-state index in [0.29, 0.717) is 42.0 Å². The minimum absolute atomic E-state index is 0.0345. The SMILES string of the molecule is CN1CCC[C@H]1COc1nc(N2CC3CCC2CN3C(=O)CC2SC(=O)NC2=O)c2ccc(-c3cc(O)cc4ccccc34)c(F)c2n1. The zero-order valence-electron chi connectivity index (χ0n) is 26.4. The number of halogens is 1. The molecule has 5 saturated heterocycles. The van der Waals surface area contributed by atoms with Crippen LogP contribution in [0.3, 0.4) is 0 Å². The maximum Gasteiger partial charge on any atom is 0.319 e. The highest BCUT2D eigenvalue weighted by molar-refractivity contribution is 8.15. The lowest BCUT2D eigenvalue weighted by molar-refractivity contribution is -0.137. The molecule has 9 rings (SSSR count). The van der Waals surface area contributed by atoms with Gasteiger partial charge < -0.3 is 24.5 Å². The quantitative estimate of drug-likeness (QED) is 0.286. The topological polar surface area (TPSA) is 128 Å². The van der Waals surface area contributed by atoms with Crippen molar-refractivity contribution in [3.8, 4) is 22.9 Å². The van der Waals surface area contributed by atoms with Gasteiger partial charge in [-0.2, -0.15) is 9.97 Å². The average Bonchev–Trinajstić information content (AvgIpc) is 3.65. The third-order valence-corrected chi connectivity index (χ3v) is 11.2. The van der Waals surface area contributed by atoms with Crippen molar-refractivity contribution in [3.05, 3.63) is 54.3 Å². The molecule has 0 spiro atoms. The van der Waals surface area contributed by atoms with Crippen molar-refractivity contribution in [2.75, 3.05) is 38.2 Å². The molecule has 1 aromatic heterocycles. The first kappa shape index (κ1) is 30.8. The van der Waals surface area contributed by atoms with E-state index in [2.05, 4.69) is 27.1 Å². The summed E-state index contributed by atoms with van der Waals surface area (Å²) in [6.45, 7) is 2.28. The summed E-state index contributed by atoms with van der Waals surface area (Å²) in [4.78, 5) is 52.9. The lowest BCUT2D eigenvalue weighted by atomic mass is 9.90. The molecule has 0 aliphatic carbocycles. The predicted octanol–water partition coefficient (Wildman–Crippen LogP) is 4.69. The highest BCUT2D eigenvalue weighted by Crippen LogP contribution is 2.41. The number of benzene rings is 3. The van der Waals surface area contributed by atoms with E-state index in [-0.39, 0.29) is 47.7 Å². The number of thioether (sulfide) groups is 1. The zero-order valence-corrected chi connectivity index (χ0v) is 27.2. The molecule has 11 nitrogen and oxygen atoms in total. The summed E-state index contributed by atoms with van der Waals surface area (Å²) in [5, 5.41) is 13.8. The molecule has 2 N–H and O–H groups in total. The van der Waals surface area contributed by atoms with E-state index < -0.39 is 22.2 Å². The molecule has 4 aromatic rings. The molecule has 5 aliphatic heterocycles. The molecule has 13 heteroatoms. The van der Waals surface area contributed by atoms with Crippen molar-refractivity contribution in [2.24, 2.45) is 0 Å². The molecule has 3 aromatic carbocycles. The van der Waals surface area contributed by atoms with Gasteiger partial charge in [0.2, 0.25) is 11.8 Å². The number of likely N-dealkylation sites (N-methyl/N-ethyl adjacent to an activating group) is 1. The van der Waals surface area contributed by atoms with Gasteiger partial charge in [0.15, 0.2) is 5.82 Å². The second-order valence-electron chi connectivity index (χ2n) is 13.1. The number of aromatic hydroxyl groups is 1. The second-order valence-corrected chi connectivity index (χ2v) is 14.3. The number of nitrogens with one attached hydrogen (secondary N) is 1. The number of imide groups is 1. The number of fused-ring (bicyclic) bond motifs is 5. The molecule has 6 heterocycles. The zero-order chi connectivity index (χ0) is 33.1. The Morgan fingerprint density at radius 1 is 1.04 bits per heavy atom. The Balaban J connectivity index is 1.15. The Labute approximate surface area is 280 Å². The number of carbonyl (C=O) groups excluding carboxylic acids is 3. The molecule has 0 radical (unpaired) electrons. The number of hydrogen-bond donors (Lipinski definition) is 2. The van der Waals surface area contributed by atoms with E-state index in [1.807, 2.05) is 35.2 Å². The van der Waals surface area contributed by atoms with Gasteiger partial charge in [0.25, 0.3) is 5.24 Å². The molecular weight excluding hydrogens is 635 g/mol. The third kappa shape index (κ3) is 5.48. The van der Waals surface area contributed by atoms with Crippen LogP contribution in [0.1, 0.15) is 32.1 Å². The molecular formula is C35H35FN6O5S. The fraction of sp³-hybridized carbons (Fsp3) is 0.400. The molecule has 5 fully saturated rings. The summed E-state index contributed by atoms with van der Waals surface area (Å²) in [5.41, 5.74) is 0.996. The maximum absolute atomic E-state index is 16.8. The summed E-state index contributed by atoms with van der Waals surface area (Å²) in [6, 6.07) is 14.4. The molecule has 248 valence electrons. The number of ether oxygens (including phenoxy) is 1. The second kappa shape index (κ2) is 12.2. The summed E-state index contributed by atoms with van der Waals surface area (Å²) in [7, 11) is 2.06. The number of carbonyl (C=O) groups is 3. The molecule has 3 unspecified atom stereocenters. The van der Waals surface area contributed by atoms with Crippen LogP contribution < -0.4 is 15.0 Å². The van der Waals surface area contributed by atoms with E-state index in [0.717, 1.165) is 54.8 Å². The van der Waals surface area contributed by atoms with Crippen LogP contribution in [0.25, 0.3) is 32.8 Å². The molecule has 2 bridgehead atoms. The van der Waals surface area contributed by atoms with Crippen molar-refractivity contribution in [1.29, 1.82) is 0 Å². The summed E-state index contributed by atoms with van der Waals surface area (Å²) in [6.07, 6.45) is 3.65. The van der Waals surface area contributed by atoms with Crippen LogP contribution in [-0.4, -0.2) is 98.6 Å². The summed E-state index contributed by atoms with van der Waals surface area (Å²) >= 11 is 0.861. The van der Waals surface area contributed by atoms with Crippen LogP contribution in [-0.2, 0) is 9.59 Å². The number of nitrogens with zero attached hydrogens (tertiary/aromatic N) is 5. The Kier molecular flexibility index (Phi) is 7.83. The molecule has 3 amide bonds. The van der Waals surface area contributed by atoms with Crippen molar-refractivity contribution in [1.82, 2.24) is 25.1 Å². The number of piperazine rings is 1. The van der Waals surface area contributed by atoms with E-state index in [9.17, 15) is 19.5 Å². The van der Waals surface area contributed by atoms with Crippen LogP contribution in [0.4, 0.5) is 15.0 Å². The van der Waals surface area contributed by atoms with Gasteiger partial charge in [-0.15, -0.1) is 0 Å². The van der Waals surface area contributed by atoms with E-state index in [1.54, 1.807) is 18.2 Å². The van der Waals surface area contributed by atoms with E-state index >= 15 is 4.39 Å². The maximum atomic E-state index is 16.8. The van der Waals surface area contributed by atoms with Crippen molar-refractivity contribution < 1.29 is 28.6 Å². The van der Waals surface area contributed by atoms with Gasteiger partial charge in [0.05, 0.1) is 0 Å². The molecule has 4 atom stereocenters. The number of piperidine rings is 2. The summed E-state index contributed by atoms with van der Waals surface area (Å²) < 4.78 is 23.0. The fourth-order valence-corrected chi connectivity index (χ4v) is 8.50. The molecule has 48 heavy (non-hydrogen) atoms. The first-order valence-electron chi connectivity index (χ1n) is 16.4. The summed E-state index contributed by atoms with van der Waals surface area (Å²) in [5.74, 6) is -0.516. The number of anilines is 1.